The highest BCUT2D eigenvalue weighted by atomic mass is 16.5. The molecule has 0 saturated heterocycles. The van der Waals surface area contributed by atoms with Crippen LogP contribution in [0.25, 0.3) is 0 Å². The number of nitrogens with zero attached hydrogens (tertiary/aromatic N) is 1. The number of hydrogen-bond donors (Lipinski definition) is 1. The second kappa shape index (κ2) is 7.52. The van der Waals surface area contributed by atoms with Crippen LogP contribution in [0.4, 0.5) is 0 Å². The van der Waals surface area contributed by atoms with E-state index in [1.54, 1.807) is 0 Å². The van der Waals surface area contributed by atoms with Gasteiger partial charge in [0.25, 0.3) is 0 Å². The van der Waals surface area contributed by atoms with Gasteiger partial charge in [-0.25, -0.2) is 0 Å². The summed E-state index contributed by atoms with van der Waals surface area (Å²) in [5, 5.41) is 9.09. The third-order valence-corrected chi connectivity index (χ3v) is 2.61. The summed E-state index contributed by atoms with van der Waals surface area (Å²) in [5.74, 6) is 0. The molecule has 0 unspecified atom stereocenters. The number of aliphatic hydroxyl groups excluding tert-OH is 1. The first-order valence-electron chi connectivity index (χ1n) is 6.52. The molecule has 3 heteroatoms. The minimum atomic E-state index is -0.0996. The number of ether oxygens (including phenoxy) is 1. The summed E-state index contributed by atoms with van der Waals surface area (Å²) < 4.78 is 5.72. The highest BCUT2D eigenvalue weighted by Crippen LogP contribution is 2.08. The van der Waals surface area contributed by atoms with Crippen LogP contribution in [0, 0.1) is 0 Å². The maximum Gasteiger partial charge on any atom is 0.0600 e. The van der Waals surface area contributed by atoms with Crippen LogP contribution in [0.2, 0.25) is 0 Å². The van der Waals surface area contributed by atoms with Crippen LogP contribution in [0.5, 0.6) is 0 Å². The lowest BCUT2D eigenvalue weighted by Crippen LogP contribution is -2.32. The Balaban J connectivity index is 2.40. The average molecular weight is 251 g/mol. The SMILES string of the molecule is CC(C)(C)OCCN(CCO)Cc1ccccc1. The first-order chi connectivity index (χ1) is 8.51. The Morgan fingerprint density at radius 2 is 1.78 bits per heavy atom. The van der Waals surface area contributed by atoms with Crippen LogP contribution < -0.4 is 0 Å². The van der Waals surface area contributed by atoms with Gasteiger partial charge in [-0.15, -0.1) is 0 Å². The Morgan fingerprint density at radius 3 is 2.33 bits per heavy atom. The zero-order valence-electron chi connectivity index (χ0n) is 11.7. The van der Waals surface area contributed by atoms with Gasteiger partial charge in [0.15, 0.2) is 0 Å². The van der Waals surface area contributed by atoms with Gasteiger partial charge in [0.1, 0.15) is 0 Å². The van der Waals surface area contributed by atoms with Gasteiger partial charge >= 0.3 is 0 Å². The molecule has 0 amide bonds. The van der Waals surface area contributed by atoms with Crippen molar-refractivity contribution in [1.82, 2.24) is 4.90 Å². The zero-order chi connectivity index (χ0) is 13.4. The van der Waals surface area contributed by atoms with E-state index in [0.29, 0.717) is 13.2 Å². The first-order valence-corrected chi connectivity index (χ1v) is 6.52. The summed E-state index contributed by atoms with van der Waals surface area (Å²) in [6.45, 7) is 9.42. The summed E-state index contributed by atoms with van der Waals surface area (Å²) in [4.78, 5) is 2.21. The maximum absolute atomic E-state index is 9.09. The molecular weight excluding hydrogens is 226 g/mol. The predicted octanol–water partition coefficient (Wildman–Crippen LogP) is 2.30. The van der Waals surface area contributed by atoms with Crippen LogP contribution in [-0.4, -0.2) is 41.9 Å². The van der Waals surface area contributed by atoms with Gasteiger partial charge in [-0.1, -0.05) is 30.3 Å². The lowest BCUT2D eigenvalue weighted by atomic mass is 10.2. The van der Waals surface area contributed by atoms with Crippen molar-refractivity contribution >= 4 is 0 Å². The van der Waals surface area contributed by atoms with Crippen molar-refractivity contribution in [1.29, 1.82) is 0 Å². The molecule has 0 spiro atoms. The normalized spacial score (nSPS) is 12.1. The van der Waals surface area contributed by atoms with Crippen LogP contribution >= 0.6 is 0 Å². The van der Waals surface area contributed by atoms with Gasteiger partial charge in [-0.05, 0) is 26.3 Å². The third kappa shape index (κ3) is 6.74. The fourth-order valence-electron chi connectivity index (χ4n) is 1.73. The second-order valence-corrected chi connectivity index (χ2v) is 5.45. The minimum Gasteiger partial charge on any atom is -0.395 e. The van der Waals surface area contributed by atoms with Crippen LogP contribution in [0.15, 0.2) is 30.3 Å². The molecule has 0 radical (unpaired) electrons. The van der Waals surface area contributed by atoms with Crippen molar-refractivity contribution in [2.75, 3.05) is 26.3 Å². The minimum absolute atomic E-state index is 0.0996. The van der Waals surface area contributed by atoms with Gasteiger partial charge < -0.3 is 9.84 Å². The Bertz CT molecular complexity index is 319. The van der Waals surface area contributed by atoms with Crippen molar-refractivity contribution in [3.8, 4) is 0 Å². The topological polar surface area (TPSA) is 32.7 Å². The lowest BCUT2D eigenvalue weighted by Gasteiger charge is -2.25. The van der Waals surface area contributed by atoms with Crippen LogP contribution in [-0.2, 0) is 11.3 Å². The molecule has 102 valence electrons. The highest BCUT2D eigenvalue weighted by Gasteiger charge is 2.11. The van der Waals surface area contributed by atoms with Gasteiger partial charge in [-0.2, -0.15) is 0 Å². The molecule has 3 nitrogen and oxygen atoms in total. The molecular formula is C15H25NO2. The number of rotatable bonds is 7. The third-order valence-electron chi connectivity index (χ3n) is 2.61. The predicted molar refractivity (Wildman–Crippen MR) is 74.5 cm³/mol. The van der Waals surface area contributed by atoms with E-state index in [1.165, 1.54) is 5.56 Å². The van der Waals surface area contributed by atoms with Crippen molar-refractivity contribution in [2.24, 2.45) is 0 Å². The quantitative estimate of drug-likeness (QED) is 0.807. The van der Waals surface area contributed by atoms with Crippen LogP contribution in [0.3, 0.4) is 0 Å². The Kier molecular flexibility index (Phi) is 6.33. The summed E-state index contributed by atoms with van der Waals surface area (Å²) in [5.41, 5.74) is 1.17. The van der Waals surface area contributed by atoms with Gasteiger partial charge in [0, 0.05) is 19.6 Å². The molecule has 0 aliphatic rings. The molecule has 1 aromatic carbocycles. The van der Waals surface area contributed by atoms with E-state index in [4.69, 9.17) is 9.84 Å². The number of hydrogen-bond acceptors (Lipinski definition) is 3. The van der Waals surface area contributed by atoms with E-state index in [-0.39, 0.29) is 12.2 Å². The fraction of sp³-hybridized carbons (Fsp3) is 0.600. The van der Waals surface area contributed by atoms with Gasteiger partial charge in [0.05, 0.1) is 18.8 Å². The van der Waals surface area contributed by atoms with E-state index in [9.17, 15) is 0 Å². The fourth-order valence-corrected chi connectivity index (χ4v) is 1.73. The zero-order valence-corrected chi connectivity index (χ0v) is 11.7. The number of benzene rings is 1. The highest BCUT2D eigenvalue weighted by molar-refractivity contribution is 5.14. The molecule has 0 saturated carbocycles. The molecule has 18 heavy (non-hydrogen) atoms. The Labute approximate surface area is 110 Å². The molecule has 1 rings (SSSR count). The molecule has 0 aliphatic heterocycles. The summed E-state index contributed by atoms with van der Waals surface area (Å²) in [6.07, 6.45) is 0. The first kappa shape index (κ1) is 15.2. The monoisotopic (exact) mass is 251 g/mol. The van der Waals surface area contributed by atoms with Crippen molar-refractivity contribution < 1.29 is 9.84 Å². The molecule has 0 atom stereocenters. The molecule has 0 aliphatic carbocycles. The second-order valence-electron chi connectivity index (χ2n) is 5.45. The smallest absolute Gasteiger partial charge is 0.0600 e. The van der Waals surface area contributed by atoms with Crippen molar-refractivity contribution in [2.45, 2.75) is 32.9 Å². The summed E-state index contributed by atoms with van der Waals surface area (Å²) >= 11 is 0. The molecule has 1 aromatic rings. The van der Waals surface area contributed by atoms with Crippen LogP contribution in [0.1, 0.15) is 26.3 Å². The molecule has 0 bridgehead atoms. The maximum atomic E-state index is 9.09. The Morgan fingerprint density at radius 1 is 1.11 bits per heavy atom. The molecule has 0 fully saturated rings. The van der Waals surface area contributed by atoms with E-state index in [0.717, 1.165) is 13.1 Å². The Hall–Kier alpha value is -0.900. The van der Waals surface area contributed by atoms with E-state index in [2.05, 4.69) is 37.8 Å². The lowest BCUT2D eigenvalue weighted by molar-refractivity contribution is -0.0151. The van der Waals surface area contributed by atoms with E-state index in [1.807, 2.05) is 18.2 Å². The summed E-state index contributed by atoms with van der Waals surface area (Å²) in [6, 6.07) is 10.3. The van der Waals surface area contributed by atoms with Crippen molar-refractivity contribution in [3.05, 3.63) is 35.9 Å². The number of aliphatic hydroxyl groups is 1. The van der Waals surface area contributed by atoms with Crippen molar-refractivity contribution in [3.63, 3.8) is 0 Å². The molecule has 0 heterocycles. The largest absolute Gasteiger partial charge is 0.395 e. The van der Waals surface area contributed by atoms with Gasteiger partial charge in [-0.3, -0.25) is 4.90 Å². The molecule has 0 aromatic heterocycles. The van der Waals surface area contributed by atoms with Gasteiger partial charge in [0.2, 0.25) is 0 Å². The van der Waals surface area contributed by atoms with E-state index < -0.39 is 0 Å². The average Bonchev–Trinajstić information content (AvgIpc) is 2.29. The standard InChI is InChI=1S/C15H25NO2/c1-15(2,3)18-12-10-16(9-11-17)13-14-7-5-4-6-8-14/h4-8,17H,9-13H2,1-3H3. The molecule has 1 N–H and O–H groups in total. The summed E-state index contributed by atoms with van der Waals surface area (Å²) in [7, 11) is 0. The van der Waals surface area contributed by atoms with E-state index >= 15 is 0 Å².